The number of aromatic nitrogens is 1. The molecule has 3 heterocycles. The van der Waals surface area contributed by atoms with Crippen molar-refractivity contribution in [3.63, 3.8) is 0 Å². The van der Waals surface area contributed by atoms with Crippen molar-refractivity contribution >= 4 is 33.9 Å². The largest absolute Gasteiger partial charge is 0.273 e. The summed E-state index contributed by atoms with van der Waals surface area (Å²) in [6.45, 7) is 1.57. The summed E-state index contributed by atoms with van der Waals surface area (Å²) < 4.78 is 0. The number of carbonyl (C=O) groups is 1. The van der Waals surface area contributed by atoms with Gasteiger partial charge in [-0.05, 0) is 29.1 Å². The van der Waals surface area contributed by atoms with Crippen molar-refractivity contribution in [3.8, 4) is 0 Å². The van der Waals surface area contributed by atoms with Crippen LogP contribution in [0.4, 0.5) is 0 Å². The quantitative estimate of drug-likeness (QED) is 0.716. The molecule has 0 saturated carbocycles. The van der Waals surface area contributed by atoms with Crippen LogP contribution in [0.15, 0.2) is 59.1 Å². The number of rotatable bonds is 2. The first-order valence-electron chi connectivity index (χ1n) is 7.49. The molecule has 0 saturated heterocycles. The number of hydrogen-bond acceptors (Lipinski definition) is 4. The van der Waals surface area contributed by atoms with Crippen LogP contribution in [-0.4, -0.2) is 21.6 Å². The Morgan fingerprint density at radius 1 is 1.22 bits per heavy atom. The van der Waals surface area contributed by atoms with Gasteiger partial charge >= 0.3 is 0 Å². The molecule has 0 radical (unpaired) electrons. The van der Waals surface area contributed by atoms with Gasteiger partial charge in [-0.2, -0.15) is 5.10 Å². The third kappa shape index (κ3) is 2.43. The summed E-state index contributed by atoms with van der Waals surface area (Å²) in [6, 6.07) is 14.0. The number of amides is 1. The van der Waals surface area contributed by atoms with E-state index >= 15 is 0 Å². The zero-order valence-corrected chi connectivity index (χ0v) is 13.5. The maximum atomic E-state index is 12.1. The predicted octanol–water partition coefficient (Wildman–Crippen LogP) is 3.99. The van der Waals surface area contributed by atoms with Crippen LogP contribution in [0.5, 0.6) is 0 Å². The van der Waals surface area contributed by atoms with Crippen molar-refractivity contribution in [2.24, 2.45) is 5.10 Å². The number of benzene rings is 1. The second kappa shape index (κ2) is 5.59. The summed E-state index contributed by atoms with van der Waals surface area (Å²) in [5.41, 5.74) is 3.01. The van der Waals surface area contributed by atoms with E-state index in [0.717, 1.165) is 33.5 Å². The Balaban J connectivity index is 1.80. The highest BCUT2D eigenvalue weighted by Gasteiger charge is 2.32. The molecule has 1 aromatic carbocycles. The van der Waals surface area contributed by atoms with Crippen molar-refractivity contribution in [2.45, 2.75) is 19.4 Å². The van der Waals surface area contributed by atoms with Crippen molar-refractivity contribution in [2.75, 3.05) is 0 Å². The SMILES string of the molecule is CC(=O)N1N=C(c2cccs2)CC1c1ccnc2ccccc12. The highest BCUT2D eigenvalue weighted by Crippen LogP contribution is 2.36. The van der Waals surface area contributed by atoms with Crippen LogP contribution in [0.1, 0.15) is 29.8 Å². The van der Waals surface area contributed by atoms with Crippen LogP contribution in [0.3, 0.4) is 0 Å². The summed E-state index contributed by atoms with van der Waals surface area (Å²) in [5, 5.41) is 9.30. The summed E-state index contributed by atoms with van der Waals surface area (Å²) in [5.74, 6) is -0.0394. The van der Waals surface area contributed by atoms with Crippen molar-refractivity contribution in [1.82, 2.24) is 9.99 Å². The van der Waals surface area contributed by atoms with E-state index in [4.69, 9.17) is 0 Å². The normalized spacial score (nSPS) is 17.5. The fourth-order valence-electron chi connectivity index (χ4n) is 3.04. The van der Waals surface area contributed by atoms with Gasteiger partial charge in [0.05, 0.1) is 22.1 Å². The van der Waals surface area contributed by atoms with Crippen molar-refractivity contribution in [3.05, 3.63) is 64.5 Å². The highest BCUT2D eigenvalue weighted by molar-refractivity contribution is 7.12. The minimum absolute atomic E-state index is 0.0394. The van der Waals surface area contributed by atoms with Gasteiger partial charge in [0.25, 0.3) is 0 Å². The van der Waals surface area contributed by atoms with E-state index in [1.807, 2.05) is 35.7 Å². The van der Waals surface area contributed by atoms with E-state index in [-0.39, 0.29) is 11.9 Å². The van der Waals surface area contributed by atoms with Crippen LogP contribution in [-0.2, 0) is 4.79 Å². The topological polar surface area (TPSA) is 45.6 Å². The summed E-state index contributed by atoms with van der Waals surface area (Å²) in [4.78, 5) is 17.6. The lowest BCUT2D eigenvalue weighted by Crippen LogP contribution is -2.24. The molecule has 0 N–H and O–H groups in total. The number of fused-ring (bicyclic) bond motifs is 1. The molecule has 0 bridgehead atoms. The minimum Gasteiger partial charge on any atom is -0.273 e. The molecule has 1 aliphatic rings. The van der Waals surface area contributed by atoms with Crippen LogP contribution in [0.2, 0.25) is 0 Å². The molecular formula is C18H15N3OS. The third-order valence-electron chi connectivity index (χ3n) is 4.08. The zero-order chi connectivity index (χ0) is 15.8. The number of carbonyl (C=O) groups excluding carboxylic acids is 1. The summed E-state index contributed by atoms with van der Waals surface area (Å²) in [6.07, 6.45) is 2.53. The van der Waals surface area contributed by atoms with Crippen LogP contribution in [0.25, 0.3) is 10.9 Å². The number of nitrogens with zero attached hydrogens (tertiary/aromatic N) is 3. The average Bonchev–Trinajstić information content (AvgIpc) is 3.23. The van der Waals surface area contributed by atoms with E-state index in [1.165, 1.54) is 0 Å². The molecule has 1 aliphatic heterocycles. The molecule has 3 aromatic rings. The first kappa shape index (κ1) is 14.1. The van der Waals surface area contributed by atoms with Gasteiger partial charge in [-0.15, -0.1) is 11.3 Å². The standard InChI is InChI=1S/C18H15N3OS/c1-12(22)21-17(11-16(20-21)18-7-4-10-23-18)14-8-9-19-15-6-3-2-5-13(14)15/h2-10,17H,11H2,1H3. The van der Waals surface area contributed by atoms with Crippen LogP contribution >= 0.6 is 11.3 Å². The van der Waals surface area contributed by atoms with E-state index in [1.54, 1.807) is 29.5 Å². The Kier molecular flexibility index (Phi) is 3.42. The molecule has 0 spiro atoms. The van der Waals surface area contributed by atoms with Gasteiger partial charge in [0.2, 0.25) is 5.91 Å². The third-order valence-corrected chi connectivity index (χ3v) is 5.00. The van der Waals surface area contributed by atoms with E-state index < -0.39 is 0 Å². The fourth-order valence-corrected chi connectivity index (χ4v) is 3.76. The Bertz CT molecular complexity index is 896. The summed E-state index contributed by atoms with van der Waals surface area (Å²) >= 11 is 1.65. The van der Waals surface area contributed by atoms with Gasteiger partial charge in [0.1, 0.15) is 0 Å². The zero-order valence-electron chi connectivity index (χ0n) is 12.6. The second-order valence-corrected chi connectivity index (χ2v) is 6.47. The smallest absolute Gasteiger partial charge is 0.240 e. The van der Waals surface area contributed by atoms with Crippen LogP contribution in [0, 0.1) is 0 Å². The number of hydrazone groups is 1. The number of hydrogen-bond donors (Lipinski definition) is 0. The first-order valence-corrected chi connectivity index (χ1v) is 8.37. The van der Waals surface area contributed by atoms with Gasteiger partial charge in [0.15, 0.2) is 0 Å². The second-order valence-electron chi connectivity index (χ2n) is 5.52. The molecule has 2 aromatic heterocycles. The molecule has 1 atom stereocenters. The minimum atomic E-state index is -0.0718. The number of pyridine rings is 1. The molecule has 1 unspecified atom stereocenters. The lowest BCUT2D eigenvalue weighted by Gasteiger charge is -2.21. The van der Waals surface area contributed by atoms with Gasteiger partial charge in [-0.25, -0.2) is 5.01 Å². The fraction of sp³-hybridized carbons (Fsp3) is 0.167. The van der Waals surface area contributed by atoms with Crippen molar-refractivity contribution < 1.29 is 4.79 Å². The molecule has 5 heteroatoms. The molecular weight excluding hydrogens is 306 g/mol. The van der Waals surface area contributed by atoms with Gasteiger partial charge in [-0.3, -0.25) is 9.78 Å². The van der Waals surface area contributed by atoms with E-state index in [2.05, 4.69) is 22.2 Å². The number of para-hydroxylation sites is 1. The van der Waals surface area contributed by atoms with E-state index in [0.29, 0.717) is 0 Å². The Morgan fingerprint density at radius 2 is 2.09 bits per heavy atom. The van der Waals surface area contributed by atoms with Gasteiger partial charge in [0, 0.05) is 24.9 Å². The van der Waals surface area contributed by atoms with Crippen LogP contribution < -0.4 is 0 Å². The predicted molar refractivity (Wildman–Crippen MR) is 92.5 cm³/mol. The molecule has 0 fully saturated rings. The molecule has 1 amide bonds. The highest BCUT2D eigenvalue weighted by atomic mass is 32.1. The first-order chi connectivity index (χ1) is 11.2. The Morgan fingerprint density at radius 3 is 2.87 bits per heavy atom. The van der Waals surface area contributed by atoms with Gasteiger partial charge < -0.3 is 0 Å². The molecule has 4 nitrogen and oxygen atoms in total. The maximum absolute atomic E-state index is 12.1. The monoisotopic (exact) mass is 321 g/mol. The summed E-state index contributed by atoms with van der Waals surface area (Å²) in [7, 11) is 0. The molecule has 0 aliphatic carbocycles. The average molecular weight is 321 g/mol. The van der Waals surface area contributed by atoms with Gasteiger partial charge in [-0.1, -0.05) is 24.3 Å². The van der Waals surface area contributed by atoms with Crippen molar-refractivity contribution in [1.29, 1.82) is 0 Å². The lowest BCUT2D eigenvalue weighted by molar-refractivity contribution is -0.130. The molecule has 4 rings (SSSR count). The Labute approximate surface area is 138 Å². The maximum Gasteiger partial charge on any atom is 0.240 e. The number of thiophene rings is 1. The lowest BCUT2D eigenvalue weighted by atomic mass is 9.98. The van der Waals surface area contributed by atoms with E-state index in [9.17, 15) is 4.79 Å². The molecule has 23 heavy (non-hydrogen) atoms. The molecule has 114 valence electrons. The Hall–Kier alpha value is -2.53.